The summed E-state index contributed by atoms with van der Waals surface area (Å²) in [6, 6.07) is 11.1. The Morgan fingerprint density at radius 3 is 2.38 bits per heavy atom. The smallest absolute Gasteiger partial charge is 0.274 e. The highest BCUT2D eigenvalue weighted by molar-refractivity contribution is 6.04. The van der Waals surface area contributed by atoms with Crippen LogP contribution in [0.25, 0.3) is 0 Å². The molecule has 0 saturated carbocycles. The van der Waals surface area contributed by atoms with Gasteiger partial charge in [-0.15, -0.1) is 0 Å². The van der Waals surface area contributed by atoms with Gasteiger partial charge in [-0.3, -0.25) is 14.6 Å². The maximum atomic E-state index is 12.6. The summed E-state index contributed by atoms with van der Waals surface area (Å²) in [6.45, 7) is 9.57. The maximum absolute atomic E-state index is 12.6. The molecule has 1 aromatic heterocycles. The summed E-state index contributed by atoms with van der Waals surface area (Å²) in [5, 5.41) is 2.87. The number of amides is 2. The first-order valence-electron chi connectivity index (χ1n) is 10.4. The van der Waals surface area contributed by atoms with Crippen molar-refractivity contribution in [3.05, 3.63) is 53.9 Å². The number of benzene rings is 1. The molecule has 6 nitrogen and oxygen atoms in total. The fraction of sp³-hybridized carbons (Fsp3) is 0.435. The molecule has 1 aromatic carbocycles. The minimum absolute atomic E-state index is 0.0911. The largest absolute Gasteiger partial charge is 0.372 e. The van der Waals surface area contributed by atoms with E-state index >= 15 is 0 Å². The molecule has 2 aromatic rings. The molecular formula is C23H30N4O2. The molecule has 1 N–H and O–H groups in total. The lowest BCUT2D eigenvalue weighted by Crippen LogP contribution is -2.32. The number of pyridine rings is 1. The van der Waals surface area contributed by atoms with Crippen LogP contribution in [0.2, 0.25) is 0 Å². The predicted octanol–water partition coefficient (Wildman–Crippen LogP) is 4.05. The monoisotopic (exact) mass is 394 g/mol. The molecule has 0 bridgehead atoms. The number of piperidine rings is 1. The van der Waals surface area contributed by atoms with Gasteiger partial charge in [0.15, 0.2) is 0 Å². The predicted molar refractivity (Wildman–Crippen MR) is 116 cm³/mol. The third kappa shape index (κ3) is 5.13. The molecule has 2 amide bonds. The van der Waals surface area contributed by atoms with Crippen molar-refractivity contribution in [1.29, 1.82) is 0 Å². The van der Waals surface area contributed by atoms with E-state index < -0.39 is 0 Å². The fourth-order valence-corrected chi connectivity index (χ4v) is 3.60. The van der Waals surface area contributed by atoms with Crippen LogP contribution in [0.5, 0.6) is 0 Å². The Balaban J connectivity index is 1.66. The van der Waals surface area contributed by atoms with Gasteiger partial charge in [-0.05, 0) is 69.0 Å². The van der Waals surface area contributed by atoms with E-state index in [1.165, 1.54) is 24.7 Å². The molecule has 1 aliphatic heterocycles. The lowest BCUT2D eigenvalue weighted by Gasteiger charge is -2.32. The molecule has 0 unspecified atom stereocenters. The normalized spacial score (nSPS) is 14.5. The minimum atomic E-state index is -0.321. The van der Waals surface area contributed by atoms with Crippen molar-refractivity contribution in [2.75, 3.05) is 36.4 Å². The molecule has 154 valence electrons. The number of carbonyl (C=O) groups is 2. The van der Waals surface area contributed by atoms with Crippen LogP contribution in [-0.2, 0) is 0 Å². The van der Waals surface area contributed by atoms with Crippen molar-refractivity contribution in [1.82, 2.24) is 9.88 Å². The topological polar surface area (TPSA) is 65.5 Å². The van der Waals surface area contributed by atoms with Gasteiger partial charge in [0.2, 0.25) is 0 Å². The molecule has 6 heteroatoms. The van der Waals surface area contributed by atoms with Gasteiger partial charge in [-0.2, -0.15) is 0 Å². The van der Waals surface area contributed by atoms with Crippen molar-refractivity contribution < 1.29 is 9.59 Å². The number of rotatable bonds is 6. The Kier molecular flexibility index (Phi) is 6.86. The van der Waals surface area contributed by atoms with Crippen LogP contribution in [0.3, 0.4) is 0 Å². The Morgan fingerprint density at radius 1 is 1.10 bits per heavy atom. The molecule has 0 aliphatic carbocycles. The molecule has 0 spiro atoms. The van der Waals surface area contributed by atoms with Crippen LogP contribution in [0.1, 0.15) is 54.5 Å². The van der Waals surface area contributed by atoms with E-state index in [0.29, 0.717) is 24.3 Å². The average molecular weight is 395 g/mol. The lowest BCUT2D eigenvalue weighted by molar-refractivity contribution is 0.0773. The number of anilines is 2. The summed E-state index contributed by atoms with van der Waals surface area (Å²) >= 11 is 0. The lowest BCUT2D eigenvalue weighted by atomic mass is 9.99. The third-order valence-electron chi connectivity index (χ3n) is 5.56. The van der Waals surface area contributed by atoms with Crippen LogP contribution in [-0.4, -0.2) is 47.9 Å². The van der Waals surface area contributed by atoms with Gasteiger partial charge in [-0.1, -0.05) is 6.92 Å². The second kappa shape index (κ2) is 9.54. The van der Waals surface area contributed by atoms with Crippen molar-refractivity contribution in [3.63, 3.8) is 0 Å². The number of aromatic nitrogens is 1. The van der Waals surface area contributed by atoms with Gasteiger partial charge in [0, 0.05) is 49.3 Å². The zero-order chi connectivity index (χ0) is 20.8. The molecule has 1 saturated heterocycles. The Morgan fingerprint density at radius 2 is 1.76 bits per heavy atom. The van der Waals surface area contributed by atoms with Crippen molar-refractivity contribution in [2.45, 2.75) is 33.6 Å². The Bertz CT molecular complexity index is 838. The zero-order valence-electron chi connectivity index (χ0n) is 17.5. The van der Waals surface area contributed by atoms with Gasteiger partial charge < -0.3 is 15.1 Å². The summed E-state index contributed by atoms with van der Waals surface area (Å²) in [4.78, 5) is 33.4. The molecule has 29 heavy (non-hydrogen) atoms. The standard InChI is InChI=1S/C23H30N4O2/c1-4-26(5-2)23(29)18-10-13-24-21(16-18)22(28)25-19-6-8-20(9-7-19)27-14-11-17(3)12-15-27/h6-10,13,16-17H,4-5,11-12,14-15H2,1-3H3,(H,25,28). The average Bonchev–Trinajstić information content (AvgIpc) is 2.76. The summed E-state index contributed by atoms with van der Waals surface area (Å²) < 4.78 is 0. The number of nitrogens with one attached hydrogen (secondary N) is 1. The SMILES string of the molecule is CCN(CC)C(=O)c1ccnc(C(=O)Nc2ccc(N3CCC(C)CC3)cc2)c1. The van der Waals surface area contributed by atoms with Crippen LogP contribution in [0.4, 0.5) is 11.4 Å². The number of hydrogen-bond acceptors (Lipinski definition) is 4. The molecule has 0 radical (unpaired) electrons. The molecule has 1 aliphatic rings. The van der Waals surface area contributed by atoms with E-state index in [1.807, 2.05) is 38.1 Å². The van der Waals surface area contributed by atoms with Crippen molar-refractivity contribution >= 4 is 23.2 Å². The maximum Gasteiger partial charge on any atom is 0.274 e. The second-order valence-electron chi connectivity index (χ2n) is 7.58. The third-order valence-corrected chi connectivity index (χ3v) is 5.56. The van der Waals surface area contributed by atoms with E-state index in [1.54, 1.807) is 17.0 Å². The fourth-order valence-electron chi connectivity index (χ4n) is 3.60. The van der Waals surface area contributed by atoms with Crippen LogP contribution in [0.15, 0.2) is 42.6 Å². The quantitative estimate of drug-likeness (QED) is 0.803. The minimum Gasteiger partial charge on any atom is -0.372 e. The molecule has 1 fully saturated rings. The summed E-state index contributed by atoms with van der Waals surface area (Å²) in [6.07, 6.45) is 3.94. The molecule has 0 atom stereocenters. The van der Waals surface area contributed by atoms with Gasteiger partial charge in [0.05, 0.1) is 0 Å². The highest BCUT2D eigenvalue weighted by Gasteiger charge is 2.17. The van der Waals surface area contributed by atoms with E-state index in [4.69, 9.17) is 0 Å². The highest BCUT2D eigenvalue weighted by atomic mass is 16.2. The second-order valence-corrected chi connectivity index (χ2v) is 7.58. The van der Waals surface area contributed by atoms with E-state index in [0.717, 1.165) is 19.0 Å². The highest BCUT2D eigenvalue weighted by Crippen LogP contribution is 2.24. The number of hydrogen-bond donors (Lipinski definition) is 1. The summed E-state index contributed by atoms with van der Waals surface area (Å²) in [5.41, 5.74) is 2.60. The van der Waals surface area contributed by atoms with Gasteiger partial charge in [0.25, 0.3) is 11.8 Å². The van der Waals surface area contributed by atoms with Crippen molar-refractivity contribution in [2.24, 2.45) is 5.92 Å². The molecule has 3 rings (SSSR count). The Hall–Kier alpha value is -2.89. The van der Waals surface area contributed by atoms with Crippen LogP contribution < -0.4 is 10.2 Å². The first-order valence-corrected chi connectivity index (χ1v) is 10.4. The van der Waals surface area contributed by atoms with Crippen LogP contribution in [0, 0.1) is 5.92 Å². The first kappa shape index (κ1) is 20.8. The van der Waals surface area contributed by atoms with Crippen LogP contribution >= 0.6 is 0 Å². The van der Waals surface area contributed by atoms with Gasteiger partial charge >= 0.3 is 0 Å². The summed E-state index contributed by atoms with van der Waals surface area (Å²) in [7, 11) is 0. The number of nitrogens with zero attached hydrogens (tertiary/aromatic N) is 3. The van der Waals surface area contributed by atoms with E-state index in [-0.39, 0.29) is 17.5 Å². The Labute approximate surface area is 172 Å². The van der Waals surface area contributed by atoms with Gasteiger partial charge in [0.1, 0.15) is 5.69 Å². The zero-order valence-corrected chi connectivity index (χ0v) is 17.5. The van der Waals surface area contributed by atoms with Crippen molar-refractivity contribution in [3.8, 4) is 0 Å². The van der Waals surface area contributed by atoms with Gasteiger partial charge in [-0.25, -0.2) is 0 Å². The number of carbonyl (C=O) groups excluding carboxylic acids is 2. The molecular weight excluding hydrogens is 364 g/mol. The summed E-state index contributed by atoms with van der Waals surface area (Å²) in [5.74, 6) is 0.382. The van der Waals surface area contributed by atoms with E-state index in [2.05, 4.69) is 22.1 Å². The van der Waals surface area contributed by atoms with E-state index in [9.17, 15) is 9.59 Å². The molecule has 2 heterocycles. The first-order chi connectivity index (χ1) is 14.0.